The van der Waals surface area contributed by atoms with Gasteiger partial charge in [-0.1, -0.05) is 20.3 Å². The minimum absolute atomic E-state index is 0. The van der Waals surface area contributed by atoms with Crippen LogP contribution in [-0.2, 0) is 4.79 Å². The predicted molar refractivity (Wildman–Crippen MR) is 102 cm³/mol. The van der Waals surface area contributed by atoms with Crippen LogP contribution in [0.15, 0.2) is 0 Å². The number of nitrogens with zero attached hydrogens (tertiary/aromatic N) is 1. The van der Waals surface area contributed by atoms with Crippen molar-refractivity contribution >= 4 is 30.7 Å². The highest BCUT2D eigenvalue weighted by molar-refractivity contribution is 5.85. The molecule has 2 rings (SSSR count). The molecule has 0 bridgehead atoms. The van der Waals surface area contributed by atoms with Crippen LogP contribution in [0, 0.1) is 11.8 Å². The Morgan fingerprint density at radius 2 is 1.87 bits per heavy atom. The number of likely N-dealkylation sites (tertiary alicyclic amines) is 1. The fourth-order valence-corrected chi connectivity index (χ4v) is 3.30. The molecule has 23 heavy (non-hydrogen) atoms. The van der Waals surface area contributed by atoms with Crippen LogP contribution in [0.5, 0.6) is 0 Å². The minimum atomic E-state index is 0. The van der Waals surface area contributed by atoms with Crippen molar-refractivity contribution in [2.45, 2.75) is 58.4 Å². The molecule has 0 saturated carbocycles. The van der Waals surface area contributed by atoms with E-state index in [1.54, 1.807) is 0 Å². The van der Waals surface area contributed by atoms with E-state index in [-0.39, 0.29) is 36.8 Å². The van der Waals surface area contributed by atoms with Gasteiger partial charge in [0.05, 0.1) is 6.04 Å². The van der Waals surface area contributed by atoms with Crippen molar-refractivity contribution in [2.75, 3.05) is 32.7 Å². The van der Waals surface area contributed by atoms with E-state index >= 15 is 0 Å². The van der Waals surface area contributed by atoms with Crippen LogP contribution in [0.4, 0.5) is 0 Å². The summed E-state index contributed by atoms with van der Waals surface area (Å²) >= 11 is 0. The van der Waals surface area contributed by atoms with E-state index in [2.05, 4.69) is 29.4 Å². The third-order valence-electron chi connectivity index (χ3n) is 4.92. The maximum Gasteiger partial charge on any atom is 0.237 e. The first-order valence-corrected chi connectivity index (χ1v) is 8.88. The number of hydrogen-bond donors (Lipinski definition) is 2. The average molecular weight is 368 g/mol. The second kappa shape index (κ2) is 12.3. The number of carbonyl (C=O) groups is 1. The first-order valence-electron chi connectivity index (χ1n) is 8.88. The van der Waals surface area contributed by atoms with Gasteiger partial charge in [-0.05, 0) is 70.1 Å². The highest BCUT2D eigenvalue weighted by atomic mass is 35.5. The van der Waals surface area contributed by atoms with E-state index in [0.29, 0.717) is 5.92 Å². The van der Waals surface area contributed by atoms with E-state index < -0.39 is 0 Å². The number of carbonyl (C=O) groups excluding carboxylic acids is 1. The lowest BCUT2D eigenvalue weighted by Crippen LogP contribution is -2.48. The zero-order valence-corrected chi connectivity index (χ0v) is 16.3. The normalized spacial score (nSPS) is 23.0. The monoisotopic (exact) mass is 367 g/mol. The number of nitrogens with one attached hydrogen (secondary N) is 2. The van der Waals surface area contributed by atoms with E-state index in [1.165, 1.54) is 51.7 Å². The fraction of sp³-hybridized carbons (Fsp3) is 0.941. The molecule has 6 heteroatoms. The molecule has 0 spiro atoms. The van der Waals surface area contributed by atoms with Crippen LogP contribution < -0.4 is 10.6 Å². The van der Waals surface area contributed by atoms with Gasteiger partial charge in [0.15, 0.2) is 0 Å². The molecule has 2 heterocycles. The molecule has 0 aromatic rings. The second-order valence-corrected chi connectivity index (χ2v) is 7.22. The summed E-state index contributed by atoms with van der Waals surface area (Å²) < 4.78 is 0. The number of hydrogen-bond acceptors (Lipinski definition) is 3. The van der Waals surface area contributed by atoms with E-state index in [1.807, 2.05) is 0 Å². The SMILES string of the molecule is CC(C)CCN1CCC(CNC(=O)[C@H]2CCCCN2)CC1.Cl.Cl. The van der Waals surface area contributed by atoms with Crippen LogP contribution in [0.3, 0.4) is 0 Å². The van der Waals surface area contributed by atoms with Gasteiger partial charge < -0.3 is 15.5 Å². The van der Waals surface area contributed by atoms with Crippen molar-refractivity contribution in [1.82, 2.24) is 15.5 Å². The Kier molecular flexibility index (Phi) is 12.3. The first-order chi connectivity index (χ1) is 10.1. The van der Waals surface area contributed by atoms with Gasteiger partial charge in [-0.2, -0.15) is 0 Å². The lowest BCUT2D eigenvalue weighted by Gasteiger charge is -2.32. The van der Waals surface area contributed by atoms with Gasteiger partial charge in [0.1, 0.15) is 0 Å². The van der Waals surface area contributed by atoms with Gasteiger partial charge in [-0.25, -0.2) is 0 Å². The van der Waals surface area contributed by atoms with Crippen molar-refractivity contribution < 1.29 is 4.79 Å². The van der Waals surface area contributed by atoms with E-state index in [4.69, 9.17) is 0 Å². The first kappa shape index (κ1) is 23.0. The van der Waals surface area contributed by atoms with Crippen LogP contribution in [-0.4, -0.2) is 49.6 Å². The van der Waals surface area contributed by atoms with Gasteiger partial charge in [0.2, 0.25) is 5.91 Å². The lowest BCUT2D eigenvalue weighted by atomic mass is 9.96. The lowest BCUT2D eigenvalue weighted by molar-refractivity contribution is -0.123. The smallest absolute Gasteiger partial charge is 0.237 e. The molecule has 2 aliphatic heterocycles. The van der Waals surface area contributed by atoms with Crippen molar-refractivity contribution in [3.63, 3.8) is 0 Å². The Bertz CT molecular complexity index is 315. The standard InChI is InChI=1S/C17H33N3O.2ClH/c1-14(2)6-10-20-11-7-15(8-12-20)13-19-17(21)16-5-3-4-9-18-16;;/h14-16,18H,3-13H2,1-2H3,(H,19,21);2*1H/t16-;;/m1../s1. The topological polar surface area (TPSA) is 44.4 Å². The average Bonchev–Trinajstić information content (AvgIpc) is 2.52. The van der Waals surface area contributed by atoms with Crippen LogP contribution >= 0.6 is 24.8 Å². The number of piperidine rings is 2. The van der Waals surface area contributed by atoms with Crippen LogP contribution in [0.2, 0.25) is 0 Å². The summed E-state index contributed by atoms with van der Waals surface area (Å²) in [5, 5.41) is 6.49. The molecule has 2 fully saturated rings. The summed E-state index contributed by atoms with van der Waals surface area (Å²) in [6.07, 6.45) is 7.15. The number of rotatable bonds is 6. The third kappa shape index (κ3) is 8.57. The van der Waals surface area contributed by atoms with Crippen LogP contribution in [0.1, 0.15) is 52.4 Å². The summed E-state index contributed by atoms with van der Waals surface area (Å²) in [6, 6.07) is 0.0601. The fourth-order valence-electron chi connectivity index (χ4n) is 3.30. The Hall–Kier alpha value is -0.0300. The molecule has 2 saturated heterocycles. The Morgan fingerprint density at radius 1 is 1.17 bits per heavy atom. The third-order valence-corrected chi connectivity index (χ3v) is 4.92. The van der Waals surface area contributed by atoms with Crippen LogP contribution in [0.25, 0.3) is 0 Å². The number of amides is 1. The molecule has 0 radical (unpaired) electrons. The Morgan fingerprint density at radius 3 is 2.43 bits per heavy atom. The van der Waals surface area contributed by atoms with Crippen molar-refractivity contribution in [1.29, 1.82) is 0 Å². The molecule has 2 aliphatic rings. The Balaban J connectivity index is 0.00000242. The van der Waals surface area contributed by atoms with Gasteiger partial charge in [-0.15, -0.1) is 24.8 Å². The van der Waals surface area contributed by atoms with Gasteiger partial charge in [-0.3, -0.25) is 4.79 Å². The van der Waals surface area contributed by atoms with Crippen molar-refractivity contribution in [2.24, 2.45) is 11.8 Å². The van der Waals surface area contributed by atoms with Crippen molar-refractivity contribution in [3.8, 4) is 0 Å². The molecule has 0 unspecified atom stereocenters. The van der Waals surface area contributed by atoms with Gasteiger partial charge in [0.25, 0.3) is 0 Å². The molecule has 4 nitrogen and oxygen atoms in total. The zero-order valence-electron chi connectivity index (χ0n) is 14.7. The zero-order chi connectivity index (χ0) is 15.1. The van der Waals surface area contributed by atoms with E-state index in [0.717, 1.165) is 25.4 Å². The molecule has 1 atom stereocenters. The van der Waals surface area contributed by atoms with E-state index in [9.17, 15) is 4.79 Å². The minimum Gasteiger partial charge on any atom is -0.354 e. The summed E-state index contributed by atoms with van der Waals surface area (Å²) in [6.45, 7) is 10.1. The Labute approximate surface area is 154 Å². The molecular weight excluding hydrogens is 333 g/mol. The largest absolute Gasteiger partial charge is 0.354 e. The quantitative estimate of drug-likeness (QED) is 0.758. The highest BCUT2D eigenvalue weighted by Crippen LogP contribution is 2.17. The molecule has 1 amide bonds. The molecule has 138 valence electrons. The molecular formula is C17H35Cl2N3O. The molecule has 0 aromatic heterocycles. The summed E-state index contributed by atoms with van der Waals surface area (Å²) in [4.78, 5) is 14.7. The predicted octanol–water partition coefficient (Wildman–Crippen LogP) is 2.85. The summed E-state index contributed by atoms with van der Waals surface area (Å²) in [5.41, 5.74) is 0. The van der Waals surface area contributed by atoms with Crippen molar-refractivity contribution in [3.05, 3.63) is 0 Å². The second-order valence-electron chi connectivity index (χ2n) is 7.22. The maximum absolute atomic E-state index is 12.1. The van der Waals surface area contributed by atoms with Gasteiger partial charge >= 0.3 is 0 Å². The highest BCUT2D eigenvalue weighted by Gasteiger charge is 2.23. The summed E-state index contributed by atoms with van der Waals surface area (Å²) in [5.74, 6) is 1.69. The molecule has 0 aromatic carbocycles. The molecule has 0 aliphatic carbocycles. The summed E-state index contributed by atoms with van der Waals surface area (Å²) in [7, 11) is 0. The van der Waals surface area contributed by atoms with Gasteiger partial charge in [0, 0.05) is 6.54 Å². The molecule has 2 N–H and O–H groups in total. The number of halogens is 2. The maximum atomic E-state index is 12.1.